The van der Waals surface area contributed by atoms with E-state index in [9.17, 15) is 9.59 Å². The first-order chi connectivity index (χ1) is 17.0. The standard InChI is InChI=1S/C27H23ClN4O2S/c1-17-7-9-18(10-8-17)22-15-23(19-5-3-2-4-6-19)32(31-22)27-30-26(34)24(35-27)16-25(33)29-21-13-11-20(28)12-14-21/h2-14,23-24H,15-16H2,1H3,(H,29,33). The predicted molar refractivity (Wildman–Crippen MR) is 142 cm³/mol. The van der Waals surface area contributed by atoms with Crippen LogP contribution < -0.4 is 5.32 Å². The molecule has 3 aromatic carbocycles. The van der Waals surface area contributed by atoms with Crippen LogP contribution in [0.1, 0.15) is 35.6 Å². The fraction of sp³-hybridized carbons (Fsp3) is 0.185. The highest BCUT2D eigenvalue weighted by atomic mass is 35.5. The van der Waals surface area contributed by atoms with E-state index in [-0.39, 0.29) is 24.3 Å². The molecule has 0 spiro atoms. The third-order valence-corrected chi connectivity index (χ3v) is 7.30. The highest BCUT2D eigenvalue weighted by Crippen LogP contribution is 2.38. The first kappa shape index (κ1) is 23.3. The summed E-state index contributed by atoms with van der Waals surface area (Å²) in [6, 6.07) is 25.1. The predicted octanol–water partition coefficient (Wildman–Crippen LogP) is 5.83. The number of aryl methyl sites for hydroxylation is 1. The van der Waals surface area contributed by atoms with Crippen LogP contribution in [-0.4, -0.2) is 33.0 Å². The highest BCUT2D eigenvalue weighted by Gasteiger charge is 2.39. The zero-order valence-corrected chi connectivity index (χ0v) is 20.6. The van der Waals surface area contributed by atoms with Gasteiger partial charge in [0.2, 0.25) is 5.91 Å². The monoisotopic (exact) mass is 502 g/mol. The molecular formula is C27H23ClN4O2S. The Morgan fingerprint density at radius 1 is 1.06 bits per heavy atom. The molecule has 0 aromatic heterocycles. The second-order valence-corrected chi connectivity index (χ2v) is 10.1. The fourth-order valence-corrected chi connectivity index (χ4v) is 5.25. The van der Waals surface area contributed by atoms with E-state index in [0.29, 0.717) is 22.3 Å². The Morgan fingerprint density at radius 2 is 1.77 bits per heavy atom. The topological polar surface area (TPSA) is 74.1 Å². The highest BCUT2D eigenvalue weighted by molar-refractivity contribution is 8.15. The summed E-state index contributed by atoms with van der Waals surface area (Å²) < 4.78 is 0. The lowest BCUT2D eigenvalue weighted by molar-refractivity contribution is -0.121. The van der Waals surface area contributed by atoms with Crippen molar-refractivity contribution in [1.29, 1.82) is 0 Å². The Bertz CT molecular complexity index is 1310. The Balaban J connectivity index is 1.33. The molecule has 0 saturated carbocycles. The number of benzene rings is 3. The number of carbonyl (C=O) groups excluding carboxylic acids is 2. The molecule has 2 atom stereocenters. The quantitative estimate of drug-likeness (QED) is 0.476. The lowest BCUT2D eigenvalue weighted by Gasteiger charge is -2.23. The van der Waals surface area contributed by atoms with Crippen molar-refractivity contribution >= 4 is 51.7 Å². The van der Waals surface area contributed by atoms with Gasteiger partial charge in [0.1, 0.15) is 5.25 Å². The summed E-state index contributed by atoms with van der Waals surface area (Å²) in [4.78, 5) is 29.6. The van der Waals surface area contributed by atoms with E-state index in [1.54, 1.807) is 24.3 Å². The molecule has 35 heavy (non-hydrogen) atoms. The van der Waals surface area contributed by atoms with Gasteiger partial charge in [0.25, 0.3) is 5.91 Å². The average Bonchev–Trinajstić information content (AvgIpc) is 3.46. The van der Waals surface area contributed by atoms with E-state index < -0.39 is 5.25 Å². The van der Waals surface area contributed by atoms with Crippen LogP contribution in [-0.2, 0) is 9.59 Å². The number of nitrogens with one attached hydrogen (secondary N) is 1. The van der Waals surface area contributed by atoms with Gasteiger partial charge < -0.3 is 5.32 Å². The smallest absolute Gasteiger partial charge is 0.262 e. The van der Waals surface area contributed by atoms with Crippen LogP contribution in [0.25, 0.3) is 0 Å². The number of nitrogens with zero attached hydrogens (tertiary/aromatic N) is 3. The molecule has 2 heterocycles. The van der Waals surface area contributed by atoms with Crippen LogP contribution in [0.3, 0.4) is 0 Å². The maximum absolute atomic E-state index is 12.7. The zero-order valence-electron chi connectivity index (χ0n) is 19.0. The number of rotatable bonds is 5. The molecule has 3 aromatic rings. The van der Waals surface area contributed by atoms with Gasteiger partial charge in [0.05, 0.1) is 11.8 Å². The minimum absolute atomic E-state index is 0.0253. The van der Waals surface area contributed by atoms with Gasteiger partial charge in [0, 0.05) is 23.6 Å². The number of aliphatic imine (C=N–C) groups is 1. The number of anilines is 1. The summed E-state index contributed by atoms with van der Waals surface area (Å²) in [6.45, 7) is 2.05. The van der Waals surface area contributed by atoms with Gasteiger partial charge in [-0.05, 0) is 42.3 Å². The molecule has 0 fully saturated rings. The number of carbonyl (C=O) groups is 2. The van der Waals surface area contributed by atoms with Gasteiger partial charge in [-0.1, -0.05) is 83.5 Å². The lowest BCUT2D eigenvalue weighted by Crippen LogP contribution is -2.25. The molecule has 1 N–H and O–H groups in total. The molecule has 0 aliphatic carbocycles. The van der Waals surface area contributed by atoms with E-state index in [2.05, 4.69) is 53.6 Å². The number of amides is 2. The van der Waals surface area contributed by atoms with Gasteiger partial charge in [0.15, 0.2) is 5.17 Å². The first-order valence-corrected chi connectivity index (χ1v) is 12.6. The largest absolute Gasteiger partial charge is 0.326 e. The van der Waals surface area contributed by atoms with Gasteiger partial charge in [-0.25, -0.2) is 5.01 Å². The minimum Gasteiger partial charge on any atom is -0.326 e. The number of halogens is 1. The Labute approximate surface area is 213 Å². The Kier molecular flexibility index (Phi) is 6.70. The van der Waals surface area contributed by atoms with Gasteiger partial charge in [-0.3, -0.25) is 9.59 Å². The molecule has 0 saturated heterocycles. The fourth-order valence-electron chi connectivity index (χ4n) is 4.06. The number of hydrazone groups is 1. The second kappa shape index (κ2) is 10.1. The van der Waals surface area contributed by atoms with Crippen molar-refractivity contribution in [3.63, 3.8) is 0 Å². The summed E-state index contributed by atoms with van der Waals surface area (Å²) in [5.41, 5.74) is 4.90. The average molecular weight is 503 g/mol. The minimum atomic E-state index is -0.590. The van der Waals surface area contributed by atoms with E-state index in [1.807, 2.05) is 23.2 Å². The van der Waals surface area contributed by atoms with Crippen LogP contribution in [0, 0.1) is 6.92 Å². The maximum atomic E-state index is 12.7. The van der Waals surface area contributed by atoms with E-state index in [1.165, 1.54) is 17.3 Å². The number of amidine groups is 1. The number of hydrogen-bond donors (Lipinski definition) is 1. The third kappa shape index (κ3) is 5.31. The summed E-state index contributed by atoms with van der Waals surface area (Å²) in [6.07, 6.45) is 0.722. The van der Waals surface area contributed by atoms with Crippen molar-refractivity contribution in [2.45, 2.75) is 31.1 Å². The van der Waals surface area contributed by atoms with Crippen molar-refractivity contribution in [3.8, 4) is 0 Å². The SMILES string of the molecule is Cc1ccc(C2=NN(C3=NC(=O)C(CC(=O)Nc4ccc(Cl)cc4)S3)C(c3ccccc3)C2)cc1. The lowest BCUT2D eigenvalue weighted by atomic mass is 9.98. The first-order valence-electron chi connectivity index (χ1n) is 11.3. The molecule has 8 heteroatoms. The van der Waals surface area contributed by atoms with Crippen molar-refractivity contribution in [1.82, 2.24) is 5.01 Å². The number of thioether (sulfide) groups is 1. The van der Waals surface area contributed by atoms with E-state index in [4.69, 9.17) is 16.7 Å². The van der Waals surface area contributed by atoms with Gasteiger partial charge in [-0.2, -0.15) is 10.1 Å². The Hall–Kier alpha value is -3.42. The van der Waals surface area contributed by atoms with Crippen LogP contribution in [0.2, 0.25) is 5.02 Å². The molecule has 2 amide bonds. The summed E-state index contributed by atoms with van der Waals surface area (Å²) in [7, 11) is 0. The van der Waals surface area contributed by atoms with Crippen LogP contribution in [0.5, 0.6) is 0 Å². The van der Waals surface area contributed by atoms with Crippen molar-refractivity contribution < 1.29 is 9.59 Å². The van der Waals surface area contributed by atoms with Crippen molar-refractivity contribution in [2.75, 3.05) is 5.32 Å². The van der Waals surface area contributed by atoms with Gasteiger partial charge in [-0.15, -0.1) is 0 Å². The van der Waals surface area contributed by atoms with E-state index in [0.717, 1.165) is 16.8 Å². The van der Waals surface area contributed by atoms with Crippen molar-refractivity contribution in [3.05, 3.63) is 101 Å². The van der Waals surface area contributed by atoms with Crippen molar-refractivity contribution in [2.24, 2.45) is 10.1 Å². The molecule has 0 radical (unpaired) electrons. The second-order valence-electron chi connectivity index (χ2n) is 8.49. The molecule has 2 aliphatic rings. The third-order valence-electron chi connectivity index (χ3n) is 5.90. The summed E-state index contributed by atoms with van der Waals surface area (Å²) in [5, 5.41) is 10.1. The summed E-state index contributed by atoms with van der Waals surface area (Å²) >= 11 is 7.20. The van der Waals surface area contributed by atoms with Crippen LogP contribution >= 0.6 is 23.4 Å². The van der Waals surface area contributed by atoms with Crippen LogP contribution in [0.15, 0.2) is 89.0 Å². The molecule has 0 bridgehead atoms. The maximum Gasteiger partial charge on any atom is 0.262 e. The Morgan fingerprint density at radius 3 is 2.49 bits per heavy atom. The van der Waals surface area contributed by atoms with Crippen LogP contribution in [0.4, 0.5) is 5.69 Å². The number of hydrogen-bond acceptors (Lipinski definition) is 5. The molecule has 6 nitrogen and oxygen atoms in total. The molecule has 2 aliphatic heterocycles. The van der Waals surface area contributed by atoms with Gasteiger partial charge >= 0.3 is 0 Å². The molecule has 176 valence electrons. The molecule has 2 unspecified atom stereocenters. The molecule has 5 rings (SSSR count). The molecular weight excluding hydrogens is 480 g/mol. The summed E-state index contributed by atoms with van der Waals surface area (Å²) in [5.74, 6) is -0.568. The van der Waals surface area contributed by atoms with E-state index >= 15 is 0 Å². The zero-order chi connectivity index (χ0) is 24.4. The normalized spacial score (nSPS) is 19.5.